The molecule has 2 saturated heterocycles. The first-order valence-electron chi connectivity index (χ1n) is 24.9. The minimum Gasteiger partial charge on any atom is -0.495 e. The smallest absolute Gasteiger partial charge is 0.409 e. The Bertz CT molecular complexity index is 2660. The van der Waals surface area contributed by atoms with E-state index in [1.54, 1.807) is 38.1 Å². The summed E-state index contributed by atoms with van der Waals surface area (Å²) in [6.07, 6.45) is -4.56. The molecule has 4 amide bonds. The number of likely N-dealkylation sites (N-methyl/N-ethyl adjacent to an activating group) is 1. The van der Waals surface area contributed by atoms with Crippen LogP contribution in [0, 0.1) is 5.92 Å². The van der Waals surface area contributed by atoms with E-state index in [0.29, 0.717) is 30.9 Å². The zero-order chi connectivity index (χ0) is 55.1. The summed E-state index contributed by atoms with van der Waals surface area (Å²) in [5.41, 5.74) is 3.68. The van der Waals surface area contributed by atoms with E-state index in [0.717, 1.165) is 32.6 Å². The molecule has 0 spiro atoms. The molecule has 0 radical (unpaired) electrons. The number of hydrazine groups is 1. The lowest BCUT2D eigenvalue weighted by Gasteiger charge is -2.42. The van der Waals surface area contributed by atoms with Gasteiger partial charge in [-0.25, -0.2) is 14.6 Å². The Morgan fingerprint density at radius 3 is 2.48 bits per heavy atom. The molecule has 1 aromatic heterocycles. The number of fused-ring (bicyclic) bond motifs is 6. The summed E-state index contributed by atoms with van der Waals surface area (Å²) in [4.78, 5) is 83.1. The van der Waals surface area contributed by atoms with Gasteiger partial charge in [0.05, 0.1) is 31.9 Å². The number of methoxy groups -OCH3 is 2. The maximum absolute atomic E-state index is 14.4. The quantitative estimate of drug-likeness (QED) is 0.0462. The first-order valence-corrected chi connectivity index (χ1v) is 25.3. The molecule has 3 aliphatic rings. The number of epoxide rings is 1. The maximum atomic E-state index is 14.4. The average Bonchev–Trinajstić information content (AvgIpc) is 3.96. The number of esters is 1. The number of hydrogen-bond acceptors (Lipinski definition) is 16. The van der Waals surface area contributed by atoms with Gasteiger partial charge < -0.3 is 58.7 Å². The van der Waals surface area contributed by atoms with E-state index >= 15 is 0 Å². The Balaban J connectivity index is 1.12. The number of amides is 4. The molecule has 3 aliphatic heterocycles. The second-order valence-electron chi connectivity index (χ2n) is 19.8. The van der Waals surface area contributed by atoms with E-state index in [1.165, 1.54) is 40.1 Å². The van der Waals surface area contributed by atoms with Crippen LogP contribution in [0.15, 0.2) is 66.3 Å². The van der Waals surface area contributed by atoms with Gasteiger partial charge in [-0.2, -0.15) is 0 Å². The number of alkyl carbamates (subject to hydrolysis) is 1. The zero-order valence-electron chi connectivity index (χ0n) is 44.3. The number of carbonyl (C=O) groups excluding carboxylic acids is 6. The fraction of sp³-hybridized carbons (Fsp3) is 0.547. The van der Waals surface area contributed by atoms with E-state index in [2.05, 4.69) is 26.7 Å². The van der Waals surface area contributed by atoms with E-state index < -0.39 is 96.0 Å². The number of ketones is 1. The molecule has 0 saturated carbocycles. The zero-order valence-corrected chi connectivity index (χ0v) is 45.0. The van der Waals surface area contributed by atoms with Gasteiger partial charge in [0.15, 0.2) is 17.6 Å². The van der Waals surface area contributed by atoms with Crippen molar-refractivity contribution in [2.45, 2.75) is 133 Å². The lowest BCUT2D eigenvalue weighted by atomic mass is 9.83. The fourth-order valence-corrected chi connectivity index (χ4v) is 9.95. The van der Waals surface area contributed by atoms with Crippen molar-refractivity contribution in [2.75, 3.05) is 53.9 Å². The summed E-state index contributed by atoms with van der Waals surface area (Å²) in [5.74, 6) is -4.21. The molecule has 0 unspecified atom stereocenters. The summed E-state index contributed by atoms with van der Waals surface area (Å²) in [5, 5.41) is 42.0. The van der Waals surface area contributed by atoms with Crippen LogP contribution >= 0.6 is 11.6 Å². The van der Waals surface area contributed by atoms with Crippen LogP contribution in [-0.2, 0) is 62.4 Å². The summed E-state index contributed by atoms with van der Waals surface area (Å²) in [6.45, 7) is 7.64. The minimum atomic E-state index is -2.26. The minimum absolute atomic E-state index is 0.0929. The molecule has 4 bridgehead atoms. The van der Waals surface area contributed by atoms with Crippen molar-refractivity contribution in [1.82, 2.24) is 30.5 Å². The third-order valence-electron chi connectivity index (χ3n) is 14.5. The van der Waals surface area contributed by atoms with E-state index in [-0.39, 0.29) is 43.2 Å². The molecule has 6 rings (SSSR count). The summed E-state index contributed by atoms with van der Waals surface area (Å²) in [7, 11) is 9.26. The molecule has 75 heavy (non-hydrogen) atoms. The highest BCUT2D eigenvalue weighted by Crippen LogP contribution is 2.49. The number of benzene rings is 2. The van der Waals surface area contributed by atoms with Crippen molar-refractivity contribution in [1.29, 1.82) is 0 Å². The van der Waals surface area contributed by atoms with Crippen LogP contribution in [0.4, 0.5) is 10.5 Å². The Labute approximate surface area is 442 Å². The second kappa shape index (κ2) is 24.8. The van der Waals surface area contributed by atoms with Gasteiger partial charge in [0.2, 0.25) is 11.8 Å². The van der Waals surface area contributed by atoms with Gasteiger partial charge in [0, 0.05) is 77.7 Å². The number of hydrogen-bond donors (Lipinski definition) is 6. The number of allylic oxidation sites excluding steroid dienone is 3. The van der Waals surface area contributed by atoms with Gasteiger partial charge in [-0.3, -0.25) is 29.9 Å². The molecule has 4 heterocycles. The van der Waals surface area contributed by atoms with Crippen LogP contribution in [0.3, 0.4) is 0 Å². The molecule has 6 N–H and O–H groups in total. The molecule has 22 heteroatoms. The molecule has 0 aliphatic carbocycles. The van der Waals surface area contributed by atoms with E-state index in [4.69, 9.17) is 35.3 Å². The second-order valence-corrected chi connectivity index (χ2v) is 20.2. The SMILES string of the molecule is CNN(C)Cc1cc2ccccc2n1CCC(=O)NCCCC(=O)[C@H](O)[C@H](O)C(=O)N(C)[C@@H](C)C(=O)O[C@H]1CC(=O)N(C)c2cc(cc(OC)c2Cl)C/C(C)=C/C=C/[C@@H](OC)[C@@]2(O)C[C@H](OC(=O)N2)[C@@H](C)[C@@H]2O[C@]12C. The highest BCUT2D eigenvalue weighted by atomic mass is 35.5. The molecule has 2 fully saturated rings. The average molecular weight is 1070 g/mol. The molecular weight excluding hydrogens is 994 g/mol. The van der Waals surface area contributed by atoms with Gasteiger partial charge >= 0.3 is 12.1 Å². The Morgan fingerprint density at radius 2 is 1.79 bits per heavy atom. The number of halogens is 1. The van der Waals surface area contributed by atoms with Crippen LogP contribution in [0.2, 0.25) is 5.02 Å². The topological polar surface area (TPSA) is 263 Å². The van der Waals surface area contributed by atoms with Gasteiger partial charge in [-0.05, 0) is 75.9 Å². The number of nitrogens with one attached hydrogen (secondary N) is 3. The van der Waals surface area contributed by atoms with E-state index in [9.17, 15) is 44.1 Å². The molecular formula is C53H72ClN7O14. The number of aromatic nitrogens is 1. The maximum Gasteiger partial charge on any atom is 0.409 e. The first-order chi connectivity index (χ1) is 35.5. The fourth-order valence-electron chi connectivity index (χ4n) is 9.64. The van der Waals surface area contributed by atoms with Crippen molar-refractivity contribution < 1.29 is 67.8 Å². The lowest BCUT2D eigenvalue weighted by molar-refractivity contribution is -0.165. The number of aliphatic hydroxyl groups is 3. The molecule has 410 valence electrons. The normalized spacial score (nSPS) is 26.4. The number of nitrogens with zero attached hydrogens (tertiary/aromatic N) is 4. The predicted molar refractivity (Wildman–Crippen MR) is 277 cm³/mol. The lowest BCUT2D eigenvalue weighted by Crippen LogP contribution is -2.63. The molecule has 10 atom stereocenters. The van der Waals surface area contributed by atoms with Crippen molar-refractivity contribution in [3.63, 3.8) is 0 Å². The number of ether oxygens (including phenoxy) is 5. The summed E-state index contributed by atoms with van der Waals surface area (Å²) >= 11 is 6.80. The van der Waals surface area contributed by atoms with Crippen LogP contribution in [0.25, 0.3) is 10.9 Å². The number of aryl methyl sites for hydroxylation is 1. The van der Waals surface area contributed by atoms with Gasteiger partial charge in [0.1, 0.15) is 46.8 Å². The largest absolute Gasteiger partial charge is 0.495 e. The van der Waals surface area contributed by atoms with Crippen molar-refractivity contribution in [3.05, 3.63) is 82.5 Å². The number of Topliss-reactive ketones (excluding diaryl/α,β-unsaturated/α-hetero) is 1. The monoisotopic (exact) mass is 1070 g/mol. The van der Waals surface area contributed by atoms with E-state index in [1.807, 2.05) is 56.4 Å². The highest BCUT2D eigenvalue weighted by Gasteiger charge is 2.64. The first kappa shape index (κ1) is 58.4. The molecule has 2 aromatic carbocycles. The standard InChI is InChI=1S/C53H72ClN7O14/c1-30-15-13-19-41(72-10)53(70)28-40(73-51(69)57-53)31(2)48-52(4,75-48)42(27-44(64)60(8)37-24-33(23-30)25-39(71-9)45(37)54)74-50(68)32(3)59(7)49(67)47(66)46(65)38(62)18-14-21-56-43(63)20-22-61-35(29-58(6)55-5)26-34-16-11-12-17-36(34)61/h11-13,15-17,19,24-26,31-32,40-42,46-48,55,65-66,70H,14,18,20-23,27-29H2,1-10H3,(H,56,63)(H,57,69)/b19-13+,30-15+/t31-,32+,40+,41-,42+,46+,47+,48+,52-,53+/m1/s1. The number of rotatable bonds is 18. The van der Waals surface area contributed by atoms with Crippen molar-refractivity contribution in [3.8, 4) is 5.75 Å². The third kappa shape index (κ3) is 13.6. The molecule has 21 nitrogen and oxygen atoms in total. The van der Waals surface area contributed by atoms with Crippen LogP contribution in [-0.4, -0.2) is 168 Å². The Morgan fingerprint density at radius 1 is 1.07 bits per heavy atom. The Kier molecular flexibility index (Phi) is 19.3. The van der Waals surface area contributed by atoms with Crippen LogP contribution in [0.5, 0.6) is 5.75 Å². The highest BCUT2D eigenvalue weighted by molar-refractivity contribution is 6.35. The van der Waals surface area contributed by atoms with Gasteiger partial charge in [-0.1, -0.05) is 60.5 Å². The number of anilines is 1. The molecule has 3 aromatic rings. The van der Waals surface area contributed by atoms with Crippen LogP contribution in [0.1, 0.15) is 71.1 Å². The summed E-state index contributed by atoms with van der Waals surface area (Å²) in [6, 6.07) is 12.0. The summed E-state index contributed by atoms with van der Waals surface area (Å²) < 4.78 is 31.3. The van der Waals surface area contributed by atoms with Crippen molar-refractivity contribution in [2.24, 2.45) is 5.92 Å². The Hall–Kier alpha value is -5.91. The number of aliphatic hydroxyl groups excluding tert-OH is 2. The van der Waals surface area contributed by atoms with Crippen molar-refractivity contribution >= 4 is 63.8 Å². The predicted octanol–water partition coefficient (Wildman–Crippen LogP) is 3.31. The van der Waals surface area contributed by atoms with Gasteiger partial charge in [0.25, 0.3) is 5.91 Å². The third-order valence-corrected chi connectivity index (χ3v) is 14.9. The number of carbonyl (C=O) groups is 6. The van der Waals surface area contributed by atoms with Gasteiger partial charge in [-0.15, -0.1) is 0 Å². The number of para-hydroxylation sites is 1. The van der Waals surface area contributed by atoms with Crippen LogP contribution < -0.4 is 25.7 Å².